The van der Waals surface area contributed by atoms with Crippen molar-refractivity contribution < 1.29 is 0 Å². The van der Waals surface area contributed by atoms with Crippen molar-refractivity contribution in [2.45, 2.75) is 37.7 Å². The fourth-order valence-electron chi connectivity index (χ4n) is 1.72. The van der Waals surface area contributed by atoms with Gasteiger partial charge in [0.15, 0.2) is 5.16 Å². The quantitative estimate of drug-likeness (QED) is 0.777. The molecule has 0 aliphatic rings. The van der Waals surface area contributed by atoms with Gasteiger partial charge in [0.1, 0.15) is 5.82 Å². The molecule has 0 aliphatic heterocycles. The minimum Gasteiger partial charge on any atom is -0.306 e. The second kappa shape index (κ2) is 6.38. The molecule has 0 spiro atoms. The lowest BCUT2D eigenvalue weighted by Gasteiger charge is -2.06. The van der Waals surface area contributed by atoms with Gasteiger partial charge in [0.05, 0.1) is 0 Å². The predicted molar refractivity (Wildman–Crippen MR) is 78.8 cm³/mol. The molecular formula is C13H16BrN3S. The first kappa shape index (κ1) is 13.6. The van der Waals surface area contributed by atoms with Crippen LogP contribution in [0.15, 0.2) is 33.9 Å². The lowest BCUT2D eigenvalue weighted by molar-refractivity contribution is 0.605. The Labute approximate surface area is 120 Å². The Hall–Kier alpha value is -0.810. The van der Waals surface area contributed by atoms with Gasteiger partial charge in [-0.3, -0.25) is 0 Å². The Morgan fingerprint density at radius 1 is 1.33 bits per heavy atom. The van der Waals surface area contributed by atoms with Crippen LogP contribution in [0, 0.1) is 6.92 Å². The van der Waals surface area contributed by atoms with Crippen molar-refractivity contribution in [2.75, 3.05) is 0 Å². The number of hydrogen-bond donors (Lipinski definition) is 0. The minimum atomic E-state index is 0.918. The van der Waals surface area contributed by atoms with E-state index in [-0.39, 0.29) is 0 Å². The largest absolute Gasteiger partial charge is 0.306 e. The van der Waals surface area contributed by atoms with Crippen molar-refractivity contribution in [3.8, 4) is 0 Å². The van der Waals surface area contributed by atoms with Gasteiger partial charge in [-0.25, -0.2) is 0 Å². The molecule has 0 radical (unpaired) electrons. The molecule has 2 aromatic rings. The first-order valence-electron chi connectivity index (χ1n) is 5.97. The monoisotopic (exact) mass is 325 g/mol. The van der Waals surface area contributed by atoms with Gasteiger partial charge in [-0.2, -0.15) is 0 Å². The molecule has 0 saturated carbocycles. The van der Waals surface area contributed by atoms with Crippen LogP contribution in [-0.4, -0.2) is 14.8 Å². The third kappa shape index (κ3) is 3.36. The highest BCUT2D eigenvalue weighted by Crippen LogP contribution is 2.23. The van der Waals surface area contributed by atoms with Crippen molar-refractivity contribution in [1.82, 2.24) is 14.8 Å². The molecule has 3 nitrogen and oxygen atoms in total. The molecule has 5 heteroatoms. The van der Waals surface area contributed by atoms with E-state index in [1.165, 1.54) is 5.56 Å². The average molecular weight is 326 g/mol. The van der Waals surface area contributed by atoms with E-state index in [0.717, 1.165) is 34.2 Å². The molecule has 1 aromatic carbocycles. The standard InChI is InChI=1S/C13H16BrN3S/c1-3-7-17-10(2)15-16-13(17)18-9-11-5-4-6-12(14)8-11/h4-6,8H,3,7,9H2,1-2H3. The molecule has 0 atom stereocenters. The van der Waals surface area contributed by atoms with E-state index in [0.29, 0.717) is 0 Å². The summed E-state index contributed by atoms with van der Waals surface area (Å²) in [6, 6.07) is 8.37. The number of aromatic nitrogens is 3. The number of nitrogens with zero attached hydrogens (tertiary/aromatic N) is 3. The van der Waals surface area contributed by atoms with Gasteiger partial charge in [-0.15, -0.1) is 10.2 Å². The zero-order valence-corrected chi connectivity index (χ0v) is 13.0. The van der Waals surface area contributed by atoms with Gasteiger partial charge < -0.3 is 4.57 Å². The minimum absolute atomic E-state index is 0.918. The summed E-state index contributed by atoms with van der Waals surface area (Å²) in [4.78, 5) is 0. The van der Waals surface area contributed by atoms with Crippen molar-refractivity contribution >= 4 is 27.7 Å². The maximum atomic E-state index is 4.24. The van der Waals surface area contributed by atoms with E-state index in [1.807, 2.05) is 13.0 Å². The lowest BCUT2D eigenvalue weighted by Crippen LogP contribution is -2.01. The number of benzene rings is 1. The fraction of sp³-hybridized carbons (Fsp3) is 0.385. The normalized spacial score (nSPS) is 10.8. The highest BCUT2D eigenvalue weighted by molar-refractivity contribution is 9.10. The van der Waals surface area contributed by atoms with Crippen LogP contribution in [0.2, 0.25) is 0 Å². The Bertz CT molecular complexity index is 525. The summed E-state index contributed by atoms with van der Waals surface area (Å²) in [6.45, 7) is 5.16. The van der Waals surface area contributed by atoms with E-state index >= 15 is 0 Å². The van der Waals surface area contributed by atoms with Crippen molar-refractivity contribution in [2.24, 2.45) is 0 Å². The number of hydrogen-bond acceptors (Lipinski definition) is 3. The van der Waals surface area contributed by atoms with Crippen LogP contribution in [-0.2, 0) is 12.3 Å². The SMILES string of the molecule is CCCn1c(C)nnc1SCc1cccc(Br)c1. The predicted octanol–water partition coefficient (Wildman–Crippen LogP) is 4.05. The van der Waals surface area contributed by atoms with E-state index in [1.54, 1.807) is 11.8 Å². The second-order valence-electron chi connectivity index (χ2n) is 4.10. The molecule has 18 heavy (non-hydrogen) atoms. The highest BCUT2D eigenvalue weighted by Gasteiger charge is 2.08. The van der Waals surface area contributed by atoms with Gasteiger partial charge in [0.25, 0.3) is 0 Å². The molecule has 0 aliphatic carbocycles. The Kier molecular flexibility index (Phi) is 4.83. The topological polar surface area (TPSA) is 30.7 Å². The Morgan fingerprint density at radius 2 is 2.17 bits per heavy atom. The lowest BCUT2D eigenvalue weighted by atomic mass is 10.2. The Morgan fingerprint density at radius 3 is 2.89 bits per heavy atom. The summed E-state index contributed by atoms with van der Waals surface area (Å²) in [5.74, 6) is 1.91. The van der Waals surface area contributed by atoms with Crippen molar-refractivity contribution in [3.63, 3.8) is 0 Å². The summed E-state index contributed by atoms with van der Waals surface area (Å²) < 4.78 is 3.30. The molecule has 0 saturated heterocycles. The zero-order chi connectivity index (χ0) is 13.0. The maximum absolute atomic E-state index is 4.24. The Balaban J connectivity index is 2.06. The van der Waals surface area contributed by atoms with Gasteiger partial charge in [-0.05, 0) is 31.0 Å². The van der Waals surface area contributed by atoms with E-state index in [2.05, 4.69) is 55.8 Å². The maximum Gasteiger partial charge on any atom is 0.191 e. The smallest absolute Gasteiger partial charge is 0.191 e. The molecule has 0 N–H and O–H groups in total. The molecule has 2 rings (SSSR count). The van der Waals surface area contributed by atoms with Gasteiger partial charge in [0.2, 0.25) is 0 Å². The summed E-state index contributed by atoms with van der Waals surface area (Å²) in [5.41, 5.74) is 1.29. The second-order valence-corrected chi connectivity index (χ2v) is 5.96. The van der Waals surface area contributed by atoms with Gasteiger partial charge in [0, 0.05) is 16.8 Å². The summed E-state index contributed by atoms with van der Waals surface area (Å²) in [6.07, 6.45) is 1.10. The van der Waals surface area contributed by atoms with Crippen LogP contribution in [0.25, 0.3) is 0 Å². The molecule has 1 heterocycles. The van der Waals surface area contributed by atoms with Gasteiger partial charge >= 0.3 is 0 Å². The van der Waals surface area contributed by atoms with Gasteiger partial charge in [-0.1, -0.05) is 46.7 Å². The van der Waals surface area contributed by atoms with E-state index < -0.39 is 0 Å². The molecular weight excluding hydrogens is 310 g/mol. The van der Waals surface area contributed by atoms with E-state index in [4.69, 9.17) is 0 Å². The summed E-state index contributed by atoms with van der Waals surface area (Å²) >= 11 is 5.23. The zero-order valence-electron chi connectivity index (χ0n) is 10.6. The average Bonchev–Trinajstić information content (AvgIpc) is 2.69. The molecule has 0 fully saturated rings. The third-order valence-electron chi connectivity index (χ3n) is 2.61. The van der Waals surface area contributed by atoms with Crippen molar-refractivity contribution in [3.05, 3.63) is 40.1 Å². The number of thioether (sulfide) groups is 1. The fourth-order valence-corrected chi connectivity index (χ4v) is 3.12. The van der Waals surface area contributed by atoms with Crippen LogP contribution in [0.1, 0.15) is 24.7 Å². The third-order valence-corrected chi connectivity index (χ3v) is 4.14. The summed E-state index contributed by atoms with van der Waals surface area (Å²) in [5, 5.41) is 9.39. The highest BCUT2D eigenvalue weighted by atomic mass is 79.9. The van der Waals surface area contributed by atoms with Crippen LogP contribution < -0.4 is 0 Å². The van der Waals surface area contributed by atoms with Crippen LogP contribution in [0.4, 0.5) is 0 Å². The van der Waals surface area contributed by atoms with Crippen LogP contribution in [0.3, 0.4) is 0 Å². The van der Waals surface area contributed by atoms with Crippen molar-refractivity contribution in [1.29, 1.82) is 0 Å². The molecule has 96 valence electrons. The van der Waals surface area contributed by atoms with Crippen LogP contribution >= 0.6 is 27.7 Å². The molecule has 1 aromatic heterocycles. The summed E-state index contributed by atoms with van der Waals surface area (Å²) in [7, 11) is 0. The van der Waals surface area contributed by atoms with E-state index in [9.17, 15) is 0 Å². The first-order chi connectivity index (χ1) is 8.70. The number of aryl methyl sites for hydroxylation is 1. The number of rotatable bonds is 5. The molecule has 0 amide bonds. The first-order valence-corrected chi connectivity index (χ1v) is 7.75. The number of halogens is 1. The molecule has 0 unspecified atom stereocenters. The van der Waals surface area contributed by atoms with Crippen LogP contribution in [0.5, 0.6) is 0 Å². The molecule has 0 bridgehead atoms.